The van der Waals surface area contributed by atoms with E-state index < -0.39 is 0 Å². The molecule has 0 unspecified atom stereocenters. The number of nitrogens with one attached hydrogen (secondary N) is 1. The molecule has 17 heavy (non-hydrogen) atoms. The second kappa shape index (κ2) is 7.06. The van der Waals surface area contributed by atoms with Crippen molar-refractivity contribution in [3.05, 3.63) is 11.9 Å². The fraction of sp³-hybridized carbons (Fsp3) is 0.667. The van der Waals surface area contributed by atoms with Gasteiger partial charge in [-0.05, 0) is 26.4 Å². The molecule has 96 valence electrons. The Hall–Kier alpha value is -1.36. The minimum Gasteiger partial charge on any atom is -0.383 e. The molecule has 0 bridgehead atoms. The average Bonchev–Trinajstić information content (AvgIpc) is 2.33. The van der Waals surface area contributed by atoms with Crippen molar-refractivity contribution in [2.75, 3.05) is 37.2 Å². The highest BCUT2D eigenvalue weighted by Crippen LogP contribution is 2.14. The van der Waals surface area contributed by atoms with Gasteiger partial charge in [0.05, 0.1) is 0 Å². The summed E-state index contributed by atoms with van der Waals surface area (Å²) in [4.78, 5) is 10.5. The molecule has 0 aromatic carbocycles. The van der Waals surface area contributed by atoms with Crippen molar-refractivity contribution in [3.63, 3.8) is 0 Å². The van der Waals surface area contributed by atoms with Gasteiger partial charge in [0.25, 0.3) is 0 Å². The van der Waals surface area contributed by atoms with E-state index in [-0.39, 0.29) is 0 Å². The average molecular weight is 237 g/mol. The smallest absolute Gasteiger partial charge is 0.134 e. The van der Waals surface area contributed by atoms with E-state index in [1.54, 1.807) is 0 Å². The molecule has 0 aliphatic carbocycles. The molecule has 3 N–H and O–H groups in total. The molecule has 0 spiro atoms. The SMILES string of the molecule is CCCN(CC)CCNc1ncnc(N)c1C. The summed E-state index contributed by atoms with van der Waals surface area (Å²) in [5, 5.41) is 3.30. The van der Waals surface area contributed by atoms with Gasteiger partial charge in [0, 0.05) is 18.7 Å². The first-order chi connectivity index (χ1) is 8.19. The standard InChI is InChI=1S/C12H23N5/c1-4-7-17(5-2)8-6-14-12-10(3)11(13)15-9-16-12/h9H,4-8H2,1-3H3,(H3,13,14,15,16). The maximum Gasteiger partial charge on any atom is 0.134 e. The molecular formula is C12H23N5. The predicted molar refractivity (Wildman–Crippen MR) is 72.1 cm³/mol. The van der Waals surface area contributed by atoms with Crippen LogP contribution in [-0.2, 0) is 0 Å². The Morgan fingerprint density at radius 2 is 2.06 bits per heavy atom. The third kappa shape index (κ3) is 4.19. The van der Waals surface area contributed by atoms with Gasteiger partial charge in [0.2, 0.25) is 0 Å². The van der Waals surface area contributed by atoms with E-state index in [0.717, 1.165) is 37.6 Å². The van der Waals surface area contributed by atoms with Crippen molar-refractivity contribution in [1.29, 1.82) is 0 Å². The molecule has 0 fully saturated rings. The highest BCUT2D eigenvalue weighted by Gasteiger charge is 2.04. The first-order valence-corrected chi connectivity index (χ1v) is 6.22. The molecular weight excluding hydrogens is 214 g/mol. The van der Waals surface area contributed by atoms with Crippen LogP contribution in [0.4, 0.5) is 11.6 Å². The molecule has 1 heterocycles. The Morgan fingerprint density at radius 3 is 2.71 bits per heavy atom. The van der Waals surface area contributed by atoms with Crippen molar-refractivity contribution >= 4 is 11.6 Å². The number of nitrogens with zero attached hydrogens (tertiary/aromatic N) is 3. The molecule has 0 saturated heterocycles. The molecule has 1 aromatic heterocycles. The third-order valence-corrected chi connectivity index (χ3v) is 2.83. The molecule has 0 saturated carbocycles. The lowest BCUT2D eigenvalue weighted by Gasteiger charge is -2.20. The van der Waals surface area contributed by atoms with E-state index in [1.807, 2.05) is 6.92 Å². The maximum atomic E-state index is 5.72. The van der Waals surface area contributed by atoms with Gasteiger partial charge in [-0.15, -0.1) is 0 Å². The van der Waals surface area contributed by atoms with E-state index in [2.05, 4.69) is 34.0 Å². The zero-order valence-electron chi connectivity index (χ0n) is 11.0. The van der Waals surface area contributed by atoms with Crippen LogP contribution in [0.25, 0.3) is 0 Å². The monoisotopic (exact) mass is 237 g/mol. The number of nitrogen functional groups attached to an aromatic ring is 1. The summed E-state index contributed by atoms with van der Waals surface area (Å²) in [7, 11) is 0. The quantitative estimate of drug-likeness (QED) is 0.752. The van der Waals surface area contributed by atoms with Crippen molar-refractivity contribution in [3.8, 4) is 0 Å². The fourth-order valence-electron chi connectivity index (χ4n) is 1.72. The van der Waals surface area contributed by atoms with Crippen LogP contribution in [0.1, 0.15) is 25.8 Å². The number of likely N-dealkylation sites (N-methyl/N-ethyl adjacent to an activating group) is 1. The largest absolute Gasteiger partial charge is 0.383 e. The summed E-state index contributed by atoms with van der Waals surface area (Å²) < 4.78 is 0. The van der Waals surface area contributed by atoms with Crippen molar-refractivity contribution in [1.82, 2.24) is 14.9 Å². The molecule has 0 aliphatic rings. The van der Waals surface area contributed by atoms with Crippen LogP contribution in [0.2, 0.25) is 0 Å². The van der Waals surface area contributed by atoms with Crippen LogP contribution in [0.15, 0.2) is 6.33 Å². The highest BCUT2D eigenvalue weighted by molar-refractivity contribution is 5.53. The lowest BCUT2D eigenvalue weighted by atomic mass is 10.3. The topological polar surface area (TPSA) is 67.1 Å². The molecule has 5 nitrogen and oxygen atoms in total. The van der Waals surface area contributed by atoms with Gasteiger partial charge < -0.3 is 16.0 Å². The summed E-state index contributed by atoms with van der Waals surface area (Å²) in [6.45, 7) is 10.4. The van der Waals surface area contributed by atoms with Crippen LogP contribution in [0, 0.1) is 6.92 Å². The van der Waals surface area contributed by atoms with Crippen LogP contribution in [-0.4, -0.2) is 41.0 Å². The number of hydrogen-bond acceptors (Lipinski definition) is 5. The van der Waals surface area contributed by atoms with E-state index in [0.29, 0.717) is 5.82 Å². The molecule has 0 aliphatic heterocycles. The Balaban J connectivity index is 2.42. The summed E-state index contributed by atoms with van der Waals surface area (Å²) in [5.74, 6) is 1.38. The lowest BCUT2D eigenvalue weighted by Crippen LogP contribution is -2.29. The summed E-state index contributed by atoms with van der Waals surface area (Å²) in [6.07, 6.45) is 2.68. The third-order valence-electron chi connectivity index (χ3n) is 2.83. The summed E-state index contributed by atoms with van der Waals surface area (Å²) in [6, 6.07) is 0. The summed E-state index contributed by atoms with van der Waals surface area (Å²) in [5.41, 5.74) is 6.65. The first kappa shape index (κ1) is 13.7. The normalized spacial score (nSPS) is 10.8. The van der Waals surface area contributed by atoms with Gasteiger partial charge >= 0.3 is 0 Å². The van der Waals surface area contributed by atoms with Crippen LogP contribution < -0.4 is 11.1 Å². The van der Waals surface area contributed by atoms with E-state index in [4.69, 9.17) is 5.73 Å². The Morgan fingerprint density at radius 1 is 1.29 bits per heavy atom. The summed E-state index contributed by atoms with van der Waals surface area (Å²) >= 11 is 0. The van der Waals surface area contributed by atoms with Crippen LogP contribution in [0.3, 0.4) is 0 Å². The Kier molecular flexibility index (Phi) is 5.69. The zero-order chi connectivity index (χ0) is 12.7. The number of anilines is 2. The predicted octanol–water partition coefficient (Wildman–Crippen LogP) is 1.51. The van der Waals surface area contributed by atoms with Gasteiger partial charge in [0.1, 0.15) is 18.0 Å². The Bertz CT molecular complexity index is 340. The number of nitrogens with two attached hydrogens (primary N) is 1. The fourth-order valence-corrected chi connectivity index (χ4v) is 1.72. The maximum absolute atomic E-state index is 5.72. The van der Waals surface area contributed by atoms with E-state index in [1.165, 1.54) is 12.7 Å². The van der Waals surface area contributed by atoms with Crippen molar-refractivity contribution in [2.24, 2.45) is 0 Å². The van der Waals surface area contributed by atoms with E-state index in [9.17, 15) is 0 Å². The molecule has 1 rings (SSSR count). The van der Waals surface area contributed by atoms with Gasteiger partial charge in [0.15, 0.2) is 0 Å². The molecule has 0 radical (unpaired) electrons. The van der Waals surface area contributed by atoms with Gasteiger partial charge in [-0.2, -0.15) is 0 Å². The van der Waals surface area contributed by atoms with Crippen molar-refractivity contribution < 1.29 is 0 Å². The zero-order valence-corrected chi connectivity index (χ0v) is 11.0. The number of aromatic nitrogens is 2. The van der Waals surface area contributed by atoms with Gasteiger partial charge in [-0.3, -0.25) is 0 Å². The lowest BCUT2D eigenvalue weighted by molar-refractivity contribution is 0.300. The minimum atomic E-state index is 0.545. The number of hydrogen-bond donors (Lipinski definition) is 2. The first-order valence-electron chi connectivity index (χ1n) is 6.22. The van der Waals surface area contributed by atoms with Gasteiger partial charge in [-0.1, -0.05) is 13.8 Å². The molecule has 1 aromatic rings. The van der Waals surface area contributed by atoms with Gasteiger partial charge in [-0.25, -0.2) is 9.97 Å². The second-order valence-corrected chi connectivity index (χ2v) is 4.09. The van der Waals surface area contributed by atoms with Crippen molar-refractivity contribution in [2.45, 2.75) is 27.2 Å². The van der Waals surface area contributed by atoms with E-state index >= 15 is 0 Å². The molecule has 0 amide bonds. The molecule has 5 heteroatoms. The van der Waals surface area contributed by atoms with Crippen LogP contribution >= 0.6 is 0 Å². The minimum absolute atomic E-state index is 0.545. The number of rotatable bonds is 7. The Labute approximate surface area is 103 Å². The molecule has 0 atom stereocenters. The van der Waals surface area contributed by atoms with Crippen LogP contribution in [0.5, 0.6) is 0 Å². The highest BCUT2D eigenvalue weighted by atomic mass is 15.1. The second-order valence-electron chi connectivity index (χ2n) is 4.09.